The molecule has 0 aliphatic heterocycles. The molecule has 0 fully saturated rings. The summed E-state index contributed by atoms with van der Waals surface area (Å²) >= 11 is 0. The fourth-order valence-electron chi connectivity index (χ4n) is 2.43. The molecule has 19 heavy (non-hydrogen) atoms. The monoisotopic (exact) mass is 268 g/mol. The molecule has 0 aliphatic rings. The van der Waals surface area contributed by atoms with Crippen molar-refractivity contribution in [1.29, 1.82) is 0 Å². The number of hydrogen-bond donors (Lipinski definition) is 1. The number of ether oxygens (including phenoxy) is 1. The van der Waals surface area contributed by atoms with E-state index in [4.69, 9.17) is 10.5 Å². The molecule has 0 radical (unpaired) electrons. The lowest BCUT2D eigenvalue weighted by molar-refractivity contribution is 0.151. The maximum absolute atomic E-state index is 13.8. The highest BCUT2D eigenvalue weighted by molar-refractivity contribution is 5.31. The molecule has 1 rings (SSSR count). The summed E-state index contributed by atoms with van der Waals surface area (Å²) in [6.45, 7) is 7.80. The zero-order valence-electron chi connectivity index (χ0n) is 12.3. The molecule has 0 saturated carbocycles. The molecular formula is C15H25FN2O. The topological polar surface area (TPSA) is 38.5 Å². The van der Waals surface area contributed by atoms with Crippen molar-refractivity contribution in [1.82, 2.24) is 4.90 Å². The molecule has 0 aromatic heterocycles. The third-order valence-corrected chi connectivity index (χ3v) is 3.71. The summed E-state index contributed by atoms with van der Waals surface area (Å²) in [6.07, 6.45) is 1.04. The number of halogens is 1. The van der Waals surface area contributed by atoms with Crippen LogP contribution >= 0.6 is 0 Å². The lowest BCUT2D eigenvalue weighted by Crippen LogP contribution is -2.39. The van der Waals surface area contributed by atoms with Crippen molar-refractivity contribution in [3.8, 4) is 5.75 Å². The van der Waals surface area contributed by atoms with Crippen LogP contribution in [-0.2, 0) is 0 Å². The third-order valence-electron chi connectivity index (χ3n) is 3.71. The van der Waals surface area contributed by atoms with Crippen LogP contribution in [0.3, 0.4) is 0 Å². The highest BCUT2D eigenvalue weighted by atomic mass is 19.1. The van der Waals surface area contributed by atoms with Crippen molar-refractivity contribution in [3.63, 3.8) is 0 Å². The zero-order chi connectivity index (χ0) is 14.4. The first-order chi connectivity index (χ1) is 9.08. The Kier molecular flexibility index (Phi) is 6.25. The Morgan fingerprint density at radius 3 is 2.47 bits per heavy atom. The SMILES string of the molecule is CCC(C)N(CC)C(CN)c1ccc(OC)c(F)c1. The van der Waals surface area contributed by atoms with Crippen LogP contribution in [0.2, 0.25) is 0 Å². The van der Waals surface area contributed by atoms with Gasteiger partial charge in [0.05, 0.1) is 7.11 Å². The molecule has 0 bridgehead atoms. The van der Waals surface area contributed by atoms with E-state index in [2.05, 4.69) is 25.7 Å². The Balaban J connectivity index is 3.04. The van der Waals surface area contributed by atoms with E-state index in [0.717, 1.165) is 18.5 Å². The van der Waals surface area contributed by atoms with Gasteiger partial charge < -0.3 is 10.5 Å². The quantitative estimate of drug-likeness (QED) is 0.826. The standard InChI is InChI=1S/C15H25FN2O/c1-5-11(3)18(6-2)14(10-17)12-7-8-15(19-4)13(16)9-12/h7-9,11,14H,5-6,10,17H2,1-4H3. The molecule has 0 spiro atoms. The van der Waals surface area contributed by atoms with Gasteiger partial charge in [0, 0.05) is 18.6 Å². The fraction of sp³-hybridized carbons (Fsp3) is 0.600. The van der Waals surface area contributed by atoms with Gasteiger partial charge in [-0.25, -0.2) is 4.39 Å². The summed E-state index contributed by atoms with van der Waals surface area (Å²) in [7, 11) is 1.47. The van der Waals surface area contributed by atoms with E-state index >= 15 is 0 Å². The van der Waals surface area contributed by atoms with E-state index in [9.17, 15) is 4.39 Å². The Labute approximate surface area is 115 Å². The normalized spacial score (nSPS) is 14.5. The van der Waals surface area contributed by atoms with Gasteiger partial charge >= 0.3 is 0 Å². The molecule has 108 valence electrons. The van der Waals surface area contributed by atoms with Crippen LogP contribution < -0.4 is 10.5 Å². The predicted octanol–water partition coefficient (Wildman–Crippen LogP) is 2.95. The molecule has 0 heterocycles. The molecule has 2 N–H and O–H groups in total. The smallest absolute Gasteiger partial charge is 0.165 e. The summed E-state index contributed by atoms with van der Waals surface area (Å²) in [5.41, 5.74) is 6.80. The lowest BCUT2D eigenvalue weighted by atomic mass is 10.0. The minimum absolute atomic E-state index is 0.0420. The minimum atomic E-state index is -0.335. The van der Waals surface area contributed by atoms with Crippen LogP contribution in [0.4, 0.5) is 4.39 Å². The van der Waals surface area contributed by atoms with Crippen LogP contribution in [0.15, 0.2) is 18.2 Å². The fourth-order valence-corrected chi connectivity index (χ4v) is 2.43. The summed E-state index contributed by atoms with van der Waals surface area (Å²) in [5, 5.41) is 0. The van der Waals surface area contributed by atoms with Crippen molar-refractivity contribution >= 4 is 0 Å². The predicted molar refractivity (Wildman–Crippen MR) is 76.9 cm³/mol. The molecule has 4 heteroatoms. The molecule has 0 aliphatic carbocycles. The maximum atomic E-state index is 13.8. The number of nitrogens with two attached hydrogens (primary N) is 1. The molecule has 0 amide bonds. The highest BCUT2D eigenvalue weighted by Gasteiger charge is 2.22. The van der Waals surface area contributed by atoms with Crippen LogP contribution in [0.25, 0.3) is 0 Å². The number of hydrogen-bond acceptors (Lipinski definition) is 3. The van der Waals surface area contributed by atoms with Crippen molar-refractivity contribution in [2.45, 2.75) is 39.3 Å². The molecule has 2 unspecified atom stereocenters. The van der Waals surface area contributed by atoms with E-state index in [-0.39, 0.29) is 17.6 Å². The van der Waals surface area contributed by atoms with E-state index in [0.29, 0.717) is 12.6 Å². The number of rotatable bonds is 7. The summed E-state index contributed by atoms with van der Waals surface area (Å²) in [4.78, 5) is 2.31. The van der Waals surface area contributed by atoms with Gasteiger partial charge in [0.1, 0.15) is 0 Å². The first-order valence-electron chi connectivity index (χ1n) is 6.88. The second-order valence-electron chi connectivity index (χ2n) is 4.73. The highest BCUT2D eigenvalue weighted by Crippen LogP contribution is 2.27. The molecular weight excluding hydrogens is 243 g/mol. The van der Waals surface area contributed by atoms with Gasteiger partial charge in [0.15, 0.2) is 11.6 Å². The van der Waals surface area contributed by atoms with Gasteiger partial charge in [0.25, 0.3) is 0 Å². The number of nitrogens with zero attached hydrogens (tertiary/aromatic N) is 1. The van der Waals surface area contributed by atoms with Crippen molar-refractivity contribution in [3.05, 3.63) is 29.6 Å². The van der Waals surface area contributed by atoms with Gasteiger partial charge in [-0.2, -0.15) is 0 Å². The third kappa shape index (κ3) is 3.67. The van der Waals surface area contributed by atoms with Gasteiger partial charge in [-0.05, 0) is 37.6 Å². The molecule has 2 atom stereocenters. The number of methoxy groups -OCH3 is 1. The Morgan fingerprint density at radius 2 is 2.05 bits per heavy atom. The van der Waals surface area contributed by atoms with E-state index in [1.54, 1.807) is 6.07 Å². The van der Waals surface area contributed by atoms with Gasteiger partial charge in [-0.15, -0.1) is 0 Å². The van der Waals surface area contributed by atoms with Crippen LogP contribution in [0, 0.1) is 5.82 Å². The van der Waals surface area contributed by atoms with Crippen LogP contribution in [0.5, 0.6) is 5.75 Å². The Hall–Kier alpha value is -1.13. The molecule has 1 aromatic rings. The second kappa shape index (κ2) is 7.46. The summed E-state index contributed by atoms with van der Waals surface area (Å²) in [6, 6.07) is 5.55. The van der Waals surface area contributed by atoms with Gasteiger partial charge in [-0.3, -0.25) is 4.90 Å². The van der Waals surface area contributed by atoms with Gasteiger partial charge in [0.2, 0.25) is 0 Å². The van der Waals surface area contributed by atoms with E-state index < -0.39 is 0 Å². The van der Waals surface area contributed by atoms with Crippen molar-refractivity contribution in [2.75, 3.05) is 20.2 Å². The van der Waals surface area contributed by atoms with Crippen molar-refractivity contribution in [2.24, 2.45) is 5.73 Å². The minimum Gasteiger partial charge on any atom is -0.494 e. The zero-order valence-corrected chi connectivity index (χ0v) is 12.3. The van der Waals surface area contributed by atoms with E-state index in [1.165, 1.54) is 13.2 Å². The Bertz CT molecular complexity index is 398. The first kappa shape index (κ1) is 15.9. The summed E-state index contributed by atoms with van der Waals surface area (Å²) < 4.78 is 18.8. The number of likely N-dealkylation sites (N-methyl/N-ethyl adjacent to an activating group) is 1. The molecule has 1 aromatic carbocycles. The first-order valence-corrected chi connectivity index (χ1v) is 6.88. The average molecular weight is 268 g/mol. The van der Waals surface area contributed by atoms with Crippen LogP contribution in [0.1, 0.15) is 38.8 Å². The van der Waals surface area contributed by atoms with Crippen molar-refractivity contribution < 1.29 is 9.13 Å². The largest absolute Gasteiger partial charge is 0.494 e. The van der Waals surface area contributed by atoms with E-state index in [1.807, 2.05) is 6.07 Å². The Morgan fingerprint density at radius 1 is 1.37 bits per heavy atom. The maximum Gasteiger partial charge on any atom is 0.165 e. The molecule has 3 nitrogen and oxygen atoms in total. The lowest BCUT2D eigenvalue weighted by Gasteiger charge is -2.35. The molecule has 0 saturated heterocycles. The number of benzene rings is 1. The summed E-state index contributed by atoms with van der Waals surface area (Å²) in [5.74, 6) is -0.0650. The average Bonchev–Trinajstić information content (AvgIpc) is 2.43. The van der Waals surface area contributed by atoms with Gasteiger partial charge in [-0.1, -0.05) is 19.9 Å². The second-order valence-corrected chi connectivity index (χ2v) is 4.73. The van der Waals surface area contributed by atoms with Crippen LogP contribution in [-0.4, -0.2) is 31.1 Å².